The molecule has 0 radical (unpaired) electrons. The normalized spacial score (nSPS) is 17.2. The molecule has 0 atom stereocenters. The van der Waals surface area contributed by atoms with Crippen LogP contribution in [0.4, 0.5) is 0 Å². The molecule has 2 aliphatic rings. The van der Waals surface area contributed by atoms with Gasteiger partial charge in [-0.2, -0.15) is 5.10 Å². The van der Waals surface area contributed by atoms with Crippen molar-refractivity contribution >= 4 is 28.5 Å². The molecule has 1 fully saturated rings. The number of nitrogens with one attached hydrogen (secondary N) is 2. The summed E-state index contributed by atoms with van der Waals surface area (Å²) < 4.78 is 6.30. The van der Waals surface area contributed by atoms with E-state index in [-0.39, 0.29) is 24.0 Å². The highest BCUT2D eigenvalue weighted by Gasteiger charge is 2.44. The molecule has 5 rings (SSSR count). The number of nitrogens with zero attached hydrogens (tertiary/aromatic N) is 2. The summed E-state index contributed by atoms with van der Waals surface area (Å²) in [4.78, 5) is 39.7. The van der Waals surface area contributed by atoms with E-state index in [4.69, 9.17) is 4.74 Å². The SMILES string of the molecule is CNC(=O)c1ccc2c(c1)C(=O)CC1(CCN(C(=O)c3cc(C)c4[nH]ncc4c3)CC1)O2. The van der Waals surface area contributed by atoms with E-state index < -0.39 is 5.60 Å². The average molecular weight is 432 g/mol. The molecule has 1 aromatic heterocycles. The maximum Gasteiger partial charge on any atom is 0.253 e. The summed E-state index contributed by atoms with van der Waals surface area (Å²) in [5.74, 6) is 0.216. The number of amides is 2. The number of rotatable bonds is 2. The number of carbonyl (C=O) groups is 3. The van der Waals surface area contributed by atoms with Crippen molar-refractivity contribution in [1.29, 1.82) is 0 Å². The number of piperidine rings is 1. The first-order chi connectivity index (χ1) is 15.4. The van der Waals surface area contributed by atoms with Crippen molar-refractivity contribution in [3.8, 4) is 5.75 Å². The molecule has 0 saturated carbocycles. The number of ether oxygens (including phenoxy) is 1. The summed E-state index contributed by atoms with van der Waals surface area (Å²) in [5.41, 5.74) is 2.82. The fourth-order valence-electron chi connectivity index (χ4n) is 4.72. The highest BCUT2D eigenvalue weighted by atomic mass is 16.5. The first-order valence-corrected chi connectivity index (χ1v) is 10.7. The highest BCUT2D eigenvalue weighted by molar-refractivity contribution is 6.04. The number of hydrogen-bond acceptors (Lipinski definition) is 5. The van der Waals surface area contributed by atoms with Gasteiger partial charge in [-0.05, 0) is 42.8 Å². The van der Waals surface area contributed by atoms with Crippen LogP contribution in [0.5, 0.6) is 5.75 Å². The molecule has 32 heavy (non-hydrogen) atoms. The minimum atomic E-state index is -0.611. The monoisotopic (exact) mass is 432 g/mol. The fourth-order valence-corrected chi connectivity index (χ4v) is 4.72. The molecule has 2 aromatic carbocycles. The molecule has 2 N–H and O–H groups in total. The third-order valence-electron chi connectivity index (χ3n) is 6.53. The molecule has 3 heterocycles. The van der Waals surface area contributed by atoms with Gasteiger partial charge in [0.1, 0.15) is 11.4 Å². The quantitative estimate of drug-likeness (QED) is 0.648. The topological polar surface area (TPSA) is 104 Å². The van der Waals surface area contributed by atoms with Crippen molar-refractivity contribution in [2.24, 2.45) is 0 Å². The average Bonchev–Trinajstić information content (AvgIpc) is 3.28. The van der Waals surface area contributed by atoms with Crippen LogP contribution in [0, 0.1) is 6.92 Å². The van der Waals surface area contributed by atoms with E-state index in [1.54, 1.807) is 31.4 Å². The minimum absolute atomic E-state index is 0.0243. The van der Waals surface area contributed by atoms with Crippen LogP contribution in [0.1, 0.15) is 55.9 Å². The Labute approximate surface area is 184 Å². The van der Waals surface area contributed by atoms with Gasteiger partial charge in [-0.1, -0.05) is 0 Å². The lowest BCUT2D eigenvalue weighted by atomic mass is 9.82. The molecule has 0 aliphatic carbocycles. The molecular weight excluding hydrogens is 408 g/mol. The lowest BCUT2D eigenvalue weighted by molar-refractivity contribution is -0.00571. The summed E-state index contributed by atoms with van der Waals surface area (Å²) in [7, 11) is 1.55. The Kier molecular flexibility index (Phi) is 4.73. The summed E-state index contributed by atoms with van der Waals surface area (Å²) in [6.45, 7) is 2.98. The Morgan fingerprint density at radius 2 is 1.94 bits per heavy atom. The molecule has 1 spiro atoms. The summed E-state index contributed by atoms with van der Waals surface area (Å²) in [6, 6.07) is 8.69. The molecule has 1 saturated heterocycles. The van der Waals surface area contributed by atoms with Gasteiger partial charge >= 0.3 is 0 Å². The number of carbonyl (C=O) groups excluding carboxylic acids is 3. The van der Waals surface area contributed by atoms with Crippen LogP contribution in [0.2, 0.25) is 0 Å². The summed E-state index contributed by atoms with van der Waals surface area (Å²) in [5, 5.41) is 10.5. The lowest BCUT2D eigenvalue weighted by Gasteiger charge is -2.44. The first kappa shape index (κ1) is 20.2. The van der Waals surface area contributed by atoms with Gasteiger partial charge in [-0.25, -0.2) is 0 Å². The van der Waals surface area contributed by atoms with Crippen LogP contribution in [-0.2, 0) is 0 Å². The number of aromatic nitrogens is 2. The van der Waals surface area contributed by atoms with Gasteiger partial charge in [-0.3, -0.25) is 19.5 Å². The number of benzene rings is 2. The minimum Gasteiger partial charge on any atom is -0.486 e. The van der Waals surface area contributed by atoms with Crippen LogP contribution in [-0.4, -0.2) is 58.4 Å². The standard InChI is InChI=1S/C24H24N4O4/c1-14-9-16(10-17-13-26-27-21(14)17)23(31)28-7-5-24(6-8-28)12-19(29)18-11-15(22(30)25-2)3-4-20(18)32-24/h3-4,9-11,13H,5-8,12H2,1-2H3,(H,25,30)(H,26,27). The fraction of sp³-hybridized carbons (Fsp3) is 0.333. The van der Waals surface area contributed by atoms with Gasteiger partial charge in [0.25, 0.3) is 11.8 Å². The van der Waals surface area contributed by atoms with E-state index >= 15 is 0 Å². The zero-order valence-electron chi connectivity index (χ0n) is 18.0. The van der Waals surface area contributed by atoms with E-state index in [0.29, 0.717) is 48.4 Å². The van der Waals surface area contributed by atoms with E-state index in [1.165, 1.54) is 0 Å². The predicted octanol–water partition coefficient (Wildman–Crippen LogP) is 2.87. The Hall–Kier alpha value is -3.68. The Balaban J connectivity index is 1.32. The van der Waals surface area contributed by atoms with Gasteiger partial charge in [0.15, 0.2) is 5.78 Å². The number of H-pyrrole nitrogens is 1. The number of ketones is 1. The van der Waals surface area contributed by atoms with Crippen LogP contribution in [0.25, 0.3) is 10.9 Å². The molecule has 8 heteroatoms. The van der Waals surface area contributed by atoms with Crippen molar-refractivity contribution in [2.45, 2.75) is 31.8 Å². The predicted molar refractivity (Wildman–Crippen MR) is 118 cm³/mol. The van der Waals surface area contributed by atoms with Crippen LogP contribution in [0.3, 0.4) is 0 Å². The molecule has 0 bridgehead atoms. The van der Waals surface area contributed by atoms with Crippen molar-refractivity contribution < 1.29 is 19.1 Å². The van der Waals surface area contributed by atoms with E-state index in [1.807, 2.05) is 24.0 Å². The van der Waals surface area contributed by atoms with Crippen molar-refractivity contribution in [3.63, 3.8) is 0 Å². The number of likely N-dealkylation sites (tertiary alicyclic amines) is 1. The zero-order chi connectivity index (χ0) is 22.5. The van der Waals surface area contributed by atoms with Gasteiger partial charge in [0.05, 0.1) is 23.7 Å². The molecule has 2 amide bonds. The Bertz CT molecular complexity index is 1250. The molecule has 164 valence electrons. The second kappa shape index (κ2) is 7.47. The van der Waals surface area contributed by atoms with Crippen LogP contribution >= 0.6 is 0 Å². The number of hydrogen-bond donors (Lipinski definition) is 2. The van der Waals surface area contributed by atoms with Crippen LogP contribution < -0.4 is 10.1 Å². The molecule has 3 aromatic rings. The number of aromatic amines is 1. The van der Waals surface area contributed by atoms with Gasteiger partial charge in [-0.15, -0.1) is 0 Å². The third-order valence-corrected chi connectivity index (χ3v) is 6.53. The Morgan fingerprint density at radius 3 is 2.69 bits per heavy atom. The van der Waals surface area contributed by atoms with E-state index in [9.17, 15) is 14.4 Å². The largest absolute Gasteiger partial charge is 0.486 e. The molecular formula is C24H24N4O4. The van der Waals surface area contributed by atoms with E-state index in [2.05, 4.69) is 15.5 Å². The third kappa shape index (κ3) is 3.32. The van der Waals surface area contributed by atoms with E-state index in [0.717, 1.165) is 16.5 Å². The summed E-state index contributed by atoms with van der Waals surface area (Å²) in [6.07, 6.45) is 3.13. The summed E-state index contributed by atoms with van der Waals surface area (Å²) >= 11 is 0. The first-order valence-electron chi connectivity index (χ1n) is 10.7. The lowest BCUT2D eigenvalue weighted by Crippen LogP contribution is -2.52. The van der Waals surface area contributed by atoms with Crippen molar-refractivity contribution in [2.75, 3.05) is 20.1 Å². The smallest absolute Gasteiger partial charge is 0.253 e. The number of Topliss-reactive ketones (excluding diaryl/α,β-unsaturated/α-hetero) is 1. The molecule has 0 unspecified atom stereocenters. The van der Waals surface area contributed by atoms with Gasteiger partial charge < -0.3 is 15.0 Å². The molecule has 8 nitrogen and oxygen atoms in total. The highest BCUT2D eigenvalue weighted by Crippen LogP contribution is 2.40. The molecule has 2 aliphatic heterocycles. The Morgan fingerprint density at radius 1 is 1.16 bits per heavy atom. The maximum absolute atomic E-state index is 13.1. The second-order valence-electron chi connectivity index (χ2n) is 8.59. The maximum atomic E-state index is 13.1. The van der Waals surface area contributed by atoms with Gasteiger partial charge in [0.2, 0.25) is 0 Å². The van der Waals surface area contributed by atoms with Crippen molar-refractivity contribution in [1.82, 2.24) is 20.4 Å². The number of aryl methyl sites for hydroxylation is 1. The van der Waals surface area contributed by atoms with Crippen LogP contribution in [0.15, 0.2) is 36.5 Å². The zero-order valence-corrected chi connectivity index (χ0v) is 18.0. The van der Waals surface area contributed by atoms with Gasteiger partial charge in [0, 0.05) is 49.5 Å². The number of fused-ring (bicyclic) bond motifs is 2. The second-order valence-corrected chi connectivity index (χ2v) is 8.59. The van der Waals surface area contributed by atoms with Crippen molar-refractivity contribution in [3.05, 3.63) is 58.8 Å².